The fraction of sp³-hybridized carbons (Fsp3) is 0.538. The molecule has 0 aliphatic carbocycles. The maximum absolute atomic E-state index is 11.3. The number of nitrogens with zero attached hydrogens (tertiary/aromatic N) is 2. The van der Waals surface area contributed by atoms with Crippen LogP contribution in [0.15, 0.2) is 18.3 Å². The Morgan fingerprint density at radius 2 is 2.56 bits per heavy atom. The molecule has 2 rings (SSSR count). The maximum Gasteiger partial charge on any atom is 0.330 e. The molecule has 5 nitrogen and oxygen atoms in total. The van der Waals surface area contributed by atoms with Gasteiger partial charge in [-0.15, -0.1) is 0 Å². The number of hydrogen-bond donors (Lipinski definition) is 0. The molecule has 0 amide bonds. The molecule has 0 bridgehead atoms. The zero-order valence-electron chi connectivity index (χ0n) is 10.5. The van der Waals surface area contributed by atoms with Crippen LogP contribution in [0.2, 0.25) is 0 Å². The third-order valence-electron chi connectivity index (χ3n) is 2.81. The monoisotopic (exact) mass is 250 g/mol. The van der Waals surface area contributed by atoms with Crippen molar-refractivity contribution in [2.45, 2.75) is 32.4 Å². The first-order valence-corrected chi connectivity index (χ1v) is 6.31. The van der Waals surface area contributed by atoms with Gasteiger partial charge in [-0.05, 0) is 38.3 Å². The van der Waals surface area contributed by atoms with Gasteiger partial charge in [-0.3, -0.25) is 0 Å². The predicted molar refractivity (Wildman–Crippen MR) is 66.7 cm³/mol. The van der Waals surface area contributed by atoms with Crippen LogP contribution in [0.5, 0.6) is 0 Å². The Bertz CT molecular complexity index is 420. The Morgan fingerprint density at radius 1 is 1.67 bits per heavy atom. The van der Waals surface area contributed by atoms with E-state index in [0.717, 1.165) is 31.6 Å². The highest BCUT2D eigenvalue weighted by molar-refractivity contribution is 5.86. The summed E-state index contributed by atoms with van der Waals surface area (Å²) in [6.45, 7) is 2.94. The molecule has 1 aromatic rings. The third-order valence-corrected chi connectivity index (χ3v) is 2.81. The zero-order valence-corrected chi connectivity index (χ0v) is 10.5. The minimum atomic E-state index is -0.338. The van der Waals surface area contributed by atoms with E-state index in [4.69, 9.17) is 9.47 Å². The van der Waals surface area contributed by atoms with Crippen LogP contribution in [0.4, 0.5) is 0 Å². The fourth-order valence-electron chi connectivity index (χ4n) is 1.96. The minimum Gasteiger partial charge on any atom is -0.463 e. The van der Waals surface area contributed by atoms with Crippen LogP contribution in [0.25, 0.3) is 6.08 Å². The van der Waals surface area contributed by atoms with Crippen molar-refractivity contribution in [3.05, 3.63) is 24.0 Å². The number of aromatic nitrogens is 2. The minimum absolute atomic E-state index is 0.0180. The zero-order chi connectivity index (χ0) is 12.8. The van der Waals surface area contributed by atoms with E-state index in [2.05, 4.69) is 5.10 Å². The Morgan fingerprint density at radius 3 is 3.28 bits per heavy atom. The lowest BCUT2D eigenvalue weighted by Gasteiger charge is -2.23. The van der Waals surface area contributed by atoms with Crippen molar-refractivity contribution in [1.82, 2.24) is 9.78 Å². The van der Waals surface area contributed by atoms with Gasteiger partial charge in [0.1, 0.15) is 0 Å². The molecule has 1 aliphatic heterocycles. The third kappa shape index (κ3) is 3.20. The molecular formula is C13H18N2O3. The topological polar surface area (TPSA) is 53.3 Å². The quantitative estimate of drug-likeness (QED) is 0.607. The van der Waals surface area contributed by atoms with Gasteiger partial charge in [0.2, 0.25) is 0 Å². The van der Waals surface area contributed by atoms with Gasteiger partial charge >= 0.3 is 5.97 Å². The molecule has 98 valence electrons. The van der Waals surface area contributed by atoms with Crippen LogP contribution < -0.4 is 0 Å². The van der Waals surface area contributed by atoms with Crippen LogP contribution in [0.3, 0.4) is 0 Å². The lowest BCUT2D eigenvalue weighted by molar-refractivity contribution is -0.137. The molecule has 1 saturated heterocycles. The first-order chi connectivity index (χ1) is 8.81. The smallest absolute Gasteiger partial charge is 0.330 e. The van der Waals surface area contributed by atoms with Gasteiger partial charge in [0.15, 0.2) is 6.23 Å². The van der Waals surface area contributed by atoms with Gasteiger partial charge in [0.05, 0.1) is 12.3 Å². The molecule has 1 fully saturated rings. The molecule has 0 aromatic carbocycles. The second-order valence-electron chi connectivity index (χ2n) is 4.11. The highest BCUT2D eigenvalue weighted by Gasteiger charge is 2.17. The van der Waals surface area contributed by atoms with E-state index >= 15 is 0 Å². The van der Waals surface area contributed by atoms with Crippen LogP contribution in [-0.2, 0) is 14.3 Å². The van der Waals surface area contributed by atoms with Crippen molar-refractivity contribution in [2.24, 2.45) is 0 Å². The van der Waals surface area contributed by atoms with Gasteiger partial charge < -0.3 is 9.47 Å². The van der Waals surface area contributed by atoms with Crippen LogP contribution in [-0.4, -0.2) is 29.0 Å². The molecule has 0 N–H and O–H groups in total. The van der Waals surface area contributed by atoms with Gasteiger partial charge in [-0.25, -0.2) is 9.48 Å². The lowest BCUT2D eigenvalue weighted by atomic mass is 10.2. The number of hydrogen-bond acceptors (Lipinski definition) is 4. The summed E-state index contributed by atoms with van der Waals surface area (Å²) in [5, 5.41) is 4.25. The van der Waals surface area contributed by atoms with E-state index < -0.39 is 0 Å². The van der Waals surface area contributed by atoms with Crippen LogP contribution in [0.1, 0.15) is 38.1 Å². The predicted octanol–water partition coefficient (Wildman–Crippen LogP) is 2.16. The molecule has 1 aromatic heterocycles. The summed E-state index contributed by atoms with van der Waals surface area (Å²) < 4.78 is 12.3. The van der Waals surface area contributed by atoms with Crippen molar-refractivity contribution in [3.8, 4) is 0 Å². The number of rotatable bonds is 4. The summed E-state index contributed by atoms with van der Waals surface area (Å²) >= 11 is 0. The standard InChI is InChI=1S/C13H18N2O3/c1-2-17-13(16)7-6-11-8-9-14-15(11)12-5-3-4-10-18-12/h6-9,12H,2-5,10H2,1H3/b7-6-. The van der Waals surface area contributed by atoms with Crippen molar-refractivity contribution in [3.63, 3.8) is 0 Å². The highest BCUT2D eigenvalue weighted by Crippen LogP contribution is 2.23. The highest BCUT2D eigenvalue weighted by atomic mass is 16.5. The number of carbonyl (C=O) groups is 1. The normalized spacial score (nSPS) is 20.2. The Labute approximate surface area is 106 Å². The summed E-state index contributed by atoms with van der Waals surface area (Å²) in [7, 11) is 0. The first kappa shape index (κ1) is 12.8. The molecule has 5 heteroatoms. The molecule has 1 atom stereocenters. The average molecular weight is 250 g/mol. The van der Waals surface area contributed by atoms with E-state index in [1.807, 2.05) is 10.7 Å². The Kier molecular flexibility index (Phi) is 4.52. The van der Waals surface area contributed by atoms with Crippen molar-refractivity contribution >= 4 is 12.0 Å². The summed E-state index contributed by atoms with van der Waals surface area (Å²) in [6.07, 6.45) is 8.03. The van der Waals surface area contributed by atoms with Gasteiger partial charge in [-0.2, -0.15) is 5.10 Å². The first-order valence-electron chi connectivity index (χ1n) is 6.31. The molecule has 1 aliphatic rings. The van der Waals surface area contributed by atoms with Crippen molar-refractivity contribution in [1.29, 1.82) is 0 Å². The second-order valence-corrected chi connectivity index (χ2v) is 4.11. The molecular weight excluding hydrogens is 232 g/mol. The van der Waals surface area contributed by atoms with E-state index in [9.17, 15) is 4.79 Å². The molecule has 1 unspecified atom stereocenters. The van der Waals surface area contributed by atoms with E-state index in [0.29, 0.717) is 6.61 Å². The number of carbonyl (C=O) groups excluding carboxylic acids is 1. The number of ether oxygens (including phenoxy) is 2. The van der Waals surface area contributed by atoms with Crippen molar-refractivity contribution in [2.75, 3.05) is 13.2 Å². The Balaban J connectivity index is 2.05. The largest absolute Gasteiger partial charge is 0.463 e. The van der Waals surface area contributed by atoms with Gasteiger partial charge in [0.25, 0.3) is 0 Å². The van der Waals surface area contributed by atoms with Gasteiger partial charge in [0, 0.05) is 18.9 Å². The molecule has 2 heterocycles. The van der Waals surface area contributed by atoms with E-state index in [1.54, 1.807) is 19.2 Å². The summed E-state index contributed by atoms with van der Waals surface area (Å²) in [5.41, 5.74) is 0.856. The average Bonchev–Trinajstić information content (AvgIpc) is 2.86. The number of esters is 1. The van der Waals surface area contributed by atoms with Gasteiger partial charge in [-0.1, -0.05) is 0 Å². The maximum atomic E-state index is 11.3. The second kappa shape index (κ2) is 6.35. The molecule has 18 heavy (non-hydrogen) atoms. The SMILES string of the molecule is CCOC(=O)/C=C\c1ccnn1C1CCCCO1. The lowest BCUT2D eigenvalue weighted by Crippen LogP contribution is -2.20. The van der Waals surface area contributed by atoms with E-state index in [1.165, 1.54) is 6.08 Å². The van der Waals surface area contributed by atoms with Crippen LogP contribution >= 0.6 is 0 Å². The molecule has 0 spiro atoms. The van der Waals surface area contributed by atoms with Crippen LogP contribution in [0, 0.1) is 0 Å². The summed E-state index contributed by atoms with van der Waals surface area (Å²) in [5.74, 6) is -0.338. The summed E-state index contributed by atoms with van der Waals surface area (Å²) in [4.78, 5) is 11.3. The molecule has 0 saturated carbocycles. The van der Waals surface area contributed by atoms with Crippen molar-refractivity contribution < 1.29 is 14.3 Å². The van der Waals surface area contributed by atoms with E-state index in [-0.39, 0.29) is 12.2 Å². The summed E-state index contributed by atoms with van der Waals surface area (Å²) in [6, 6.07) is 1.85. The fourth-order valence-corrected chi connectivity index (χ4v) is 1.96. The Hall–Kier alpha value is -1.62. The molecule has 0 radical (unpaired) electrons.